The van der Waals surface area contributed by atoms with Crippen molar-refractivity contribution in [1.82, 2.24) is 0 Å². The van der Waals surface area contributed by atoms with Gasteiger partial charge in [-0.3, -0.25) is 0 Å². The van der Waals surface area contributed by atoms with Gasteiger partial charge in [0.15, 0.2) is 15.7 Å². The summed E-state index contributed by atoms with van der Waals surface area (Å²) in [6.45, 7) is 28.0. The van der Waals surface area contributed by atoms with Gasteiger partial charge in [-0.25, -0.2) is 0 Å². The molecular weight excluding hydrogens is 364 g/mol. The highest BCUT2D eigenvalue weighted by atomic mass is 35.6. The van der Waals surface area contributed by atoms with Crippen LogP contribution in [0, 0.1) is 0 Å². The summed E-state index contributed by atoms with van der Waals surface area (Å²) in [6, 6.07) is 0. The van der Waals surface area contributed by atoms with E-state index < -0.39 is 15.7 Å². The van der Waals surface area contributed by atoms with E-state index in [1.165, 1.54) is 12.8 Å². The molecule has 2 nitrogen and oxygen atoms in total. The van der Waals surface area contributed by atoms with Crippen LogP contribution >= 0.6 is 11.1 Å². The summed E-state index contributed by atoms with van der Waals surface area (Å²) < 4.78 is 5.97. The van der Waals surface area contributed by atoms with Gasteiger partial charge >= 0.3 is 0 Å². The van der Waals surface area contributed by atoms with Crippen LogP contribution in [0.5, 0.6) is 0 Å². The molecule has 0 radical (unpaired) electrons. The van der Waals surface area contributed by atoms with Gasteiger partial charge in [-0.15, -0.1) is 0 Å². The molecule has 156 valence electrons. The third kappa shape index (κ3) is 17.8. The molecule has 0 spiro atoms. The zero-order valence-corrected chi connectivity index (χ0v) is 22.2. The first-order chi connectivity index (χ1) is 11.0. The van der Waals surface area contributed by atoms with Crippen molar-refractivity contribution in [3.8, 4) is 0 Å². The number of aliphatic hydroxyl groups is 1. The van der Waals surface area contributed by atoms with E-state index >= 15 is 0 Å². The minimum absolute atomic E-state index is 0.342. The van der Waals surface area contributed by atoms with Crippen molar-refractivity contribution < 1.29 is 9.53 Å². The monoisotopic (exact) mass is 412 g/mol. The molecule has 0 saturated carbocycles. The molecule has 0 bridgehead atoms. The van der Waals surface area contributed by atoms with E-state index in [0.717, 1.165) is 19.4 Å². The summed E-state index contributed by atoms with van der Waals surface area (Å²) in [6.07, 6.45) is 4.47. The van der Waals surface area contributed by atoms with E-state index in [9.17, 15) is 0 Å². The third-order valence-electron chi connectivity index (χ3n) is 5.06. The van der Waals surface area contributed by atoms with Gasteiger partial charge in [-0.05, 0) is 36.0 Å². The lowest BCUT2D eigenvalue weighted by molar-refractivity contribution is 0.281. The van der Waals surface area contributed by atoms with Gasteiger partial charge in [-0.2, -0.15) is 11.1 Å². The maximum absolute atomic E-state index is 8.07. The van der Waals surface area contributed by atoms with Crippen LogP contribution in [0.1, 0.15) is 81.1 Å². The predicted molar refractivity (Wildman–Crippen MR) is 123 cm³/mol. The Kier molecular flexibility index (Phi) is 16.7. The first kappa shape index (κ1) is 30.4. The maximum atomic E-state index is 8.07. The van der Waals surface area contributed by atoms with E-state index in [4.69, 9.17) is 20.6 Å². The summed E-state index contributed by atoms with van der Waals surface area (Å²) in [5, 5.41) is 8.77. The lowest BCUT2D eigenvalue weighted by Gasteiger charge is -2.36. The number of rotatable bonds is 6. The fourth-order valence-corrected chi connectivity index (χ4v) is 1.93. The third-order valence-corrected chi connectivity index (χ3v) is 14.9. The highest BCUT2D eigenvalue weighted by molar-refractivity contribution is 7.20. The molecule has 1 N–H and O–H groups in total. The number of hydrogen-bond acceptors (Lipinski definition) is 2. The number of aliphatic hydroxyl groups excluding tert-OH is 1. The number of halogens is 1. The highest BCUT2D eigenvalue weighted by Crippen LogP contribution is 2.38. The molecule has 0 aromatic carbocycles. The fraction of sp³-hybridized carbons (Fsp3) is 1.00. The van der Waals surface area contributed by atoms with Crippen LogP contribution in [0.25, 0.3) is 0 Å². The zero-order chi connectivity index (χ0) is 20.9. The van der Waals surface area contributed by atoms with Crippen molar-refractivity contribution in [2.75, 3.05) is 13.2 Å². The molecule has 0 aliphatic carbocycles. The molecule has 0 aromatic heterocycles. The second-order valence-electron chi connectivity index (χ2n) is 9.76. The van der Waals surface area contributed by atoms with Crippen molar-refractivity contribution in [2.24, 2.45) is 0 Å². The smallest absolute Gasteiger partial charge is 0.191 e. The molecule has 0 atom stereocenters. The van der Waals surface area contributed by atoms with Crippen molar-refractivity contribution in [3.05, 3.63) is 0 Å². The minimum Gasteiger partial charge on any atom is -0.417 e. The summed E-state index contributed by atoms with van der Waals surface area (Å²) in [4.78, 5) is 0. The van der Waals surface area contributed by atoms with Crippen molar-refractivity contribution in [2.45, 2.75) is 117 Å². The molecule has 0 heterocycles. The van der Waals surface area contributed by atoms with Crippen LogP contribution in [0.2, 0.25) is 36.3 Å². The molecule has 5 heteroatoms. The normalized spacial score (nSPS) is 12.7. The Labute approximate surface area is 166 Å². The molecule has 0 fully saturated rings. The van der Waals surface area contributed by atoms with Crippen LogP contribution in [-0.4, -0.2) is 34.0 Å². The Balaban J connectivity index is -0.000000321. The van der Waals surface area contributed by atoms with E-state index in [1.807, 2.05) is 0 Å². The molecule has 0 aliphatic heterocycles. The Morgan fingerprint density at radius 2 is 1.16 bits per heavy atom. The first-order valence-electron chi connectivity index (χ1n) is 9.91. The zero-order valence-electron chi connectivity index (χ0n) is 19.5. The molecule has 0 aromatic rings. The van der Waals surface area contributed by atoms with E-state index in [2.05, 4.69) is 81.6 Å². The highest BCUT2D eigenvalue weighted by Gasteiger charge is 2.36. The fourth-order valence-electron chi connectivity index (χ4n) is 0.846. The van der Waals surface area contributed by atoms with Gasteiger partial charge in [0.1, 0.15) is 0 Å². The summed E-state index contributed by atoms with van der Waals surface area (Å²) in [5.74, 6) is 0. The van der Waals surface area contributed by atoms with Gasteiger partial charge < -0.3 is 9.53 Å². The topological polar surface area (TPSA) is 29.5 Å². The lowest BCUT2D eigenvalue weighted by atomic mass is 10.2. The Hall–Kier alpha value is 0.644. The molecule has 25 heavy (non-hydrogen) atoms. The average molecular weight is 413 g/mol. The lowest BCUT2D eigenvalue weighted by Crippen LogP contribution is -2.40. The van der Waals surface area contributed by atoms with Gasteiger partial charge in [0.2, 0.25) is 0 Å². The molecule has 0 aliphatic rings. The molecule has 0 unspecified atom stereocenters. The predicted octanol–water partition coefficient (Wildman–Crippen LogP) is 7.82. The Morgan fingerprint density at radius 1 is 0.800 bits per heavy atom. The number of hydrogen-bond donors (Lipinski definition) is 1. The second-order valence-corrected chi connectivity index (χ2v) is 21.9. The van der Waals surface area contributed by atoms with E-state index in [1.54, 1.807) is 0 Å². The van der Waals surface area contributed by atoms with Crippen LogP contribution in [-0.2, 0) is 4.43 Å². The first-order valence-corrected chi connectivity index (χ1v) is 16.8. The average Bonchev–Trinajstić information content (AvgIpc) is 2.37. The van der Waals surface area contributed by atoms with E-state index in [0.29, 0.717) is 16.7 Å². The van der Waals surface area contributed by atoms with Gasteiger partial charge in [0.05, 0.1) is 0 Å². The quantitative estimate of drug-likeness (QED) is 0.273. The molecule has 0 saturated heterocycles. The van der Waals surface area contributed by atoms with Gasteiger partial charge in [-0.1, -0.05) is 81.3 Å². The van der Waals surface area contributed by atoms with Gasteiger partial charge in [0, 0.05) is 13.2 Å². The largest absolute Gasteiger partial charge is 0.417 e. The molecular formula is C20H49ClO2Si2. The summed E-state index contributed by atoms with van der Waals surface area (Å²) in [7, 11) is -2.83. The molecule has 0 amide bonds. The summed E-state index contributed by atoms with van der Waals surface area (Å²) >= 11 is 6.15. The standard InChI is InChI=1S/C10H24OSi.C6H15ClSi.C4H10O/c1-7-8-9-11-12(5,6)10(2,3)4;1-6(2,3)8(4,5)7;1-2-3-4-5/h7-9H2,1-6H3;1-5H3;5H,2-4H2,1H3. The SMILES string of the molecule is CC(C)(C)[Si](C)(C)Cl.CCCCO.CCCCO[Si](C)(C)C(C)(C)C. The van der Waals surface area contributed by atoms with Crippen LogP contribution in [0.15, 0.2) is 0 Å². The van der Waals surface area contributed by atoms with Crippen molar-refractivity contribution >= 4 is 26.8 Å². The maximum Gasteiger partial charge on any atom is 0.191 e. The Morgan fingerprint density at radius 3 is 1.32 bits per heavy atom. The Bertz CT molecular complexity index is 286. The van der Waals surface area contributed by atoms with Crippen molar-refractivity contribution in [1.29, 1.82) is 0 Å². The van der Waals surface area contributed by atoms with Crippen LogP contribution in [0.4, 0.5) is 0 Å². The summed E-state index contributed by atoms with van der Waals surface area (Å²) in [5.41, 5.74) is 0. The van der Waals surface area contributed by atoms with Crippen molar-refractivity contribution in [3.63, 3.8) is 0 Å². The van der Waals surface area contributed by atoms with E-state index in [-0.39, 0.29) is 0 Å². The minimum atomic E-state index is -1.44. The molecule has 0 rings (SSSR count). The van der Waals surface area contributed by atoms with Crippen LogP contribution < -0.4 is 0 Å². The van der Waals surface area contributed by atoms with Crippen LogP contribution in [0.3, 0.4) is 0 Å². The number of unbranched alkanes of at least 4 members (excludes halogenated alkanes) is 2. The second kappa shape index (κ2) is 13.8. The van der Waals surface area contributed by atoms with Gasteiger partial charge in [0.25, 0.3) is 0 Å².